The highest BCUT2D eigenvalue weighted by atomic mass is 35.5. The van der Waals surface area contributed by atoms with Gasteiger partial charge in [-0.05, 0) is 35.9 Å². The second-order valence-electron chi connectivity index (χ2n) is 5.27. The standard InChI is InChI=1S/C16H15Cl2FN2O3S/c1-25(23,24)21(13-6-7-15(19)14(18)8-13)10-16(22)20-9-11-2-4-12(17)5-3-11/h2-8H,9-10H2,1H3,(H,20,22). The molecule has 1 N–H and O–H groups in total. The van der Waals surface area contributed by atoms with Crippen LogP contribution in [0.4, 0.5) is 10.1 Å². The van der Waals surface area contributed by atoms with E-state index < -0.39 is 28.3 Å². The number of amides is 1. The zero-order valence-corrected chi connectivity index (χ0v) is 15.5. The smallest absolute Gasteiger partial charge is 0.241 e. The van der Waals surface area contributed by atoms with Gasteiger partial charge in [0, 0.05) is 11.6 Å². The maximum atomic E-state index is 13.3. The van der Waals surface area contributed by atoms with Crippen molar-refractivity contribution in [2.45, 2.75) is 6.54 Å². The second kappa shape index (κ2) is 8.03. The summed E-state index contributed by atoms with van der Waals surface area (Å²) in [7, 11) is -3.76. The lowest BCUT2D eigenvalue weighted by atomic mass is 10.2. The molecule has 0 heterocycles. The van der Waals surface area contributed by atoms with Crippen LogP contribution in [0, 0.1) is 5.82 Å². The number of benzene rings is 2. The summed E-state index contributed by atoms with van der Waals surface area (Å²) in [4.78, 5) is 12.1. The first kappa shape index (κ1) is 19.5. The van der Waals surface area contributed by atoms with Gasteiger partial charge in [0.05, 0.1) is 17.0 Å². The Bertz CT molecular complexity index is 873. The SMILES string of the molecule is CS(=O)(=O)N(CC(=O)NCc1ccc(Cl)cc1)c1ccc(F)c(Cl)c1. The molecule has 2 aromatic carbocycles. The number of carbonyl (C=O) groups is 1. The second-order valence-corrected chi connectivity index (χ2v) is 8.02. The minimum absolute atomic E-state index is 0.107. The Morgan fingerprint density at radius 1 is 1.16 bits per heavy atom. The molecule has 9 heteroatoms. The van der Waals surface area contributed by atoms with E-state index in [1.54, 1.807) is 24.3 Å². The molecule has 2 rings (SSSR count). The Morgan fingerprint density at radius 2 is 1.80 bits per heavy atom. The molecule has 0 spiro atoms. The van der Waals surface area contributed by atoms with Crippen molar-refractivity contribution in [2.75, 3.05) is 17.1 Å². The predicted octanol–water partition coefficient (Wildman–Crippen LogP) is 3.21. The van der Waals surface area contributed by atoms with Crippen molar-refractivity contribution < 1.29 is 17.6 Å². The fraction of sp³-hybridized carbons (Fsp3) is 0.188. The first-order valence-corrected chi connectivity index (χ1v) is 9.71. The van der Waals surface area contributed by atoms with E-state index in [4.69, 9.17) is 23.2 Å². The third-order valence-corrected chi connectivity index (χ3v) is 4.96. The van der Waals surface area contributed by atoms with Gasteiger partial charge in [0.2, 0.25) is 15.9 Å². The fourth-order valence-corrected chi connectivity index (χ4v) is 3.18. The zero-order chi connectivity index (χ0) is 18.6. The zero-order valence-electron chi connectivity index (χ0n) is 13.2. The van der Waals surface area contributed by atoms with Crippen molar-refractivity contribution in [1.29, 1.82) is 0 Å². The average molecular weight is 405 g/mol. The van der Waals surface area contributed by atoms with Crippen LogP contribution in [-0.2, 0) is 21.4 Å². The topological polar surface area (TPSA) is 66.5 Å². The normalized spacial score (nSPS) is 11.2. The monoisotopic (exact) mass is 404 g/mol. The fourth-order valence-electron chi connectivity index (χ4n) is 2.03. The number of hydrogen-bond donors (Lipinski definition) is 1. The summed E-state index contributed by atoms with van der Waals surface area (Å²) >= 11 is 11.5. The molecule has 0 saturated heterocycles. The maximum absolute atomic E-state index is 13.3. The number of anilines is 1. The van der Waals surface area contributed by atoms with Gasteiger partial charge in [-0.3, -0.25) is 9.10 Å². The Hall–Kier alpha value is -1.83. The van der Waals surface area contributed by atoms with E-state index in [1.807, 2.05) is 0 Å². The van der Waals surface area contributed by atoms with Gasteiger partial charge in [0.1, 0.15) is 12.4 Å². The van der Waals surface area contributed by atoms with Crippen molar-refractivity contribution >= 4 is 44.8 Å². The molecular weight excluding hydrogens is 390 g/mol. The van der Waals surface area contributed by atoms with Crippen LogP contribution in [0.1, 0.15) is 5.56 Å². The van der Waals surface area contributed by atoms with Crippen LogP contribution in [0.25, 0.3) is 0 Å². The lowest BCUT2D eigenvalue weighted by Gasteiger charge is -2.22. The van der Waals surface area contributed by atoms with Gasteiger partial charge in [0.25, 0.3) is 0 Å². The number of nitrogens with zero attached hydrogens (tertiary/aromatic N) is 1. The molecule has 0 unspecified atom stereocenters. The highest BCUT2D eigenvalue weighted by Gasteiger charge is 2.21. The first-order chi connectivity index (χ1) is 11.7. The highest BCUT2D eigenvalue weighted by Crippen LogP contribution is 2.24. The number of rotatable bonds is 6. The summed E-state index contributed by atoms with van der Waals surface area (Å²) in [6.07, 6.45) is 0.955. The van der Waals surface area contributed by atoms with Gasteiger partial charge >= 0.3 is 0 Å². The van der Waals surface area contributed by atoms with E-state index in [0.29, 0.717) is 5.02 Å². The molecule has 0 aliphatic heterocycles. The molecular formula is C16H15Cl2FN2O3S. The van der Waals surface area contributed by atoms with Crippen molar-refractivity contribution in [3.63, 3.8) is 0 Å². The molecule has 0 aliphatic rings. The number of hydrogen-bond acceptors (Lipinski definition) is 3. The van der Waals surface area contributed by atoms with Gasteiger partial charge in [-0.1, -0.05) is 35.3 Å². The molecule has 0 atom stereocenters. The van der Waals surface area contributed by atoms with E-state index in [9.17, 15) is 17.6 Å². The Kier molecular flexibility index (Phi) is 6.26. The Labute approximate surface area is 155 Å². The molecule has 0 aromatic heterocycles. The van der Waals surface area contributed by atoms with Crippen LogP contribution in [-0.4, -0.2) is 27.1 Å². The van der Waals surface area contributed by atoms with Crippen LogP contribution in [0.2, 0.25) is 10.0 Å². The summed E-state index contributed by atoms with van der Waals surface area (Å²) in [5.74, 6) is -1.19. The van der Waals surface area contributed by atoms with Crippen LogP contribution < -0.4 is 9.62 Å². The minimum Gasteiger partial charge on any atom is -0.350 e. The first-order valence-electron chi connectivity index (χ1n) is 7.11. The van der Waals surface area contributed by atoms with Crippen molar-refractivity contribution in [3.05, 3.63) is 63.9 Å². The molecule has 0 saturated carbocycles. The largest absolute Gasteiger partial charge is 0.350 e. The van der Waals surface area contributed by atoms with Gasteiger partial charge in [0.15, 0.2) is 0 Å². The molecule has 134 valence electrons. The lowest BCUT2D eigenvalue weighted by Crippen LogP contribution is -2.40. The van der Waals surface area contributed by atoms with E-state index in [2.05, 4.69) is 5.32 Å². The quantitative estimate of drug-likeness (QED) is 0.803. The highest BCUT2D eigenvalue weighted by molar-refractivity contribution is 7.92. The van der Waals surface area contributed by atoms with Crippen molar-refractivity contribution in [1.82, 2.24) is 5.32 Å². The van der Waals surface area contributed by atoms with E-state index in [-0.39, 0.29) is 17.3 Å². The summed E-state index contributed by atoms with van der Waals surface area (Å²) in [6, 6.07) is 10.3. The van der Waals surface area contributed by atoms with Crippen LogP contribution in [0.5, 0.6) is 0 Å². The van der Waals surface area contributed by atoms with Gasteiger partial charge in [-0.15, -0.1) is 0 Å². The molecule has 25 heavy (non-hydrogen) atoms. The molecule has 1 amide bonds. The third-order valence-electron chi connectivity index (χ3n) is 3.28. The molecule has 2 aromatic rings. The molecule has 0 radical (unpaired) electrons. The van der Waals surface area contributed by atoms with Gasteiger partial charge in [-0.25, -0.2) is 12.8 Å². The lowest BCUT2D eigenvalue weighted by molar-refractivity contribution is -0.119. The van der Waals surface area contributed by atoms with Gasteiger partial charge < -0.3 is 5.32 Å². The number of halogens is 3. The van der Waals surface area contributed by atoms with Crippen LogP contribution >= 0.6 is 23.2 Å². The molecule has 5 nitrogen and oxygen atoms in total. The Balaban J connectivity index is 2.10. The Morgan fingerprint density at radius 3 is 2.36 bits per heavy atom. The average Bonchev–Trinajstić information content (AvgIpc) is 2.54. The van der Waals surface area contributed by atoms with Crippen LogP contribution in [0.15, 0.2) is 42.5 Å². The maximum Gasteiger partial charge on any atom is 0.241 e. The van der Waals surface area contributed by atoms with E-state index >= 15 is 0 Å². The summed E-state index contributed by atoms with van der Waals surface area (Å²) in [5, 5.41) is 2.97. The molecule has 0 bridgehead atoms. The van der Waals surface area contributed by atoms with Gasteiger partial charge in [-0.2, -0.15) is 0 Å². The van der Waals surface area contributed by atoms with Crippen molar-refractivity contribution in [2.24, 2.45) is 0 Å². The van der Waals surface area contributed by atoms with E-state index in [1.165, 1.54) is 6.07 Å². The van der Waals surface area contributed by atoms with Crippen molar-refractivity contribution in [3.8, 4) is 0 Å². The summed E-state index contributed by atoms with van der Waals surface area (Å²) in [5.41, 5.74) is 0.920. The third kappa shape index (κ3) is 5.59. The summed E-state index contributed by atoms with van der Waals surface area (Å²) in [6.45, 7) is -0.230. The number of carbonyl (C=O) groups excluding carboxylic acids is 1. The van der Waals surface area contributed by atoms with Crippen LogP contribution in [0.3, 0.4) is 0 Å². The molecule has 0 fully saturated rings. The predicted molar refractivity (Wildman–Crippen MR) is 96.9 cm³/mol. The van der Waals surface area contributed by atoms with E-state index in [0.717, 1.165) is 28.3 Å². The summed E-state index contributed by atoms with van der Waals surface area (Å²) < 4.78 is 38.1. The molecule has 0 aliphatic carbocycles. The minimum atomic E-state index is -3.76. The number of sulfonamides is 1. The number of nitrogens with one attached hydrogen (secondary N) is 1.